The largest absolute Gasteiger partial charge is 0.399 e. The SMILES string of the molecule is CC(=O)[C@@H](c1ccccc1)c1ccc(N)cc1. The molecule has 0 aliphatic rings. The van der Waals surface area contributed by atoms with Crippen molar-refractivity contribution in [2.75, 3.05) is 5.73 Å². The Morgan fingerprint density at radius 1 is 0.941 bits per heavy atom. The van der Waals surface area contributed by atoms with Gasteiger partial charge in [-0.3, -0.25) is 4.79 Å². The van der Waals surface area contributed by atoms with Crippen LogP contribution in [0.15, 0.2) is 54.6 Å². The van der Waals surface area contributed by atoms with Crippen molar-refractivity contribution in [3.63, 3.8) is 0 Å². The van der Waals surface area contributed by atoms with E-state index in [2.05, 4.69) is 0 Å². The summed E-state index contributed by atoms with van der Waals surface area (Å²) in [6.45, 7) is 1.62. The van der Waals surface area contributed by atoms with E-state index in [4.69, 9.17) is 5.73 Å². The Morgan fingerprint density at radius 2 is 1.47 bits per heavy atom. The molecule has 0 saturated carbocycles. The number of nitrogens with two attached hydrogens (primary N) is 1. The minimum Gasteiger partial charge on any atom is -0.399 e. The third kappa shape index (κ3) is 2.53. The Bertz CT molecular complexity index is 502. The maximum atomic E-state index is 11.8. The number of hydrogen-bond acceptors (Lipinski definition) is 2. The molecule has 0 bridgehead atoms. The van der Waals surface area contributed by atoms with E-state index in [1.54, 1.807) is 6.92 Å². The Morgan fingerprint density at radius 3 is 2.00 bits per heavy atom. The van der Waals surface area contributed by atoms with Crippen molar-refractivity contribution in [1.29, 1.82) is 0 Å². The molecule has 17 heavy (non-hydrogen) atoms. The molecular weight excluding hydrogens is 210 g/mol. The van der Waals surface area contributed by atoms with Crippen molar-refractivity contribution < 1.29 is 4.79 Å². The van der Waals surface area contributed by atoms with Gasteiger partial charge >= 0.3 is 0 Å². The highest BCUT2D eigenvalue weighted by Gasteiger charge is 2.18. The fourth-order valence-corrected chi connectivity index (χ4v) is 2.00. The Kier molecular flexibility index (Phi) is 3.24. The molecule has 0 aliphatic carbocycles. The van der Waals surface area contributed by atoms with Crippen LogP contribution < -0.4 is 5.73 Å². The van der Waals surface area contributed by atoms with Crippen LogP contribution in [0.25, 0.3) is 0 Å². The van der Waals surface area contributed by atoms with E-state index in [-0.39, 0.29) is 11.7 Å². The van der Waals surface area contributed by atoms with Gasteiger partial charge in [0.2, 0.25) is 0 Å². The predicted octanol–water partition coefficient (Wildman–Crippen LogP) is 2.99. The molecular formula is C15H15NO. The second kappa shape index (κ2) is 4.83. The summed E-state index contributed by atoms with van der Waals surface area (Å²) in [4.78, 5) is 11.8. The van der Waals surface area contributed by atoms with Gasteiger partial charge in [-0.25, -0.2) is 0 Å². The van der Waals surface area contributed by atoms with E-state index in [1.165, 1.54) is 0 Å². The second-order valence-corrected chi connectivity index (χ2v) is 4.12. The highest BCUT2D eigenvalue weighted by atomic mass is 16.1. The summed E-state index contributed by atoms with van der Waals surface area (Å²) in [5, 5.41) is 0. The molecule has 2 rings (SSSR count). The van der Waals surface area contributed by atoms with Gasteiger partial charge in [0.05, 0.1) is 5.92 Å². The van der Waals surface area contributed by atoms with E-state index in [0.717, 1.165) is 11.1 Å². The van der Waals surface area contributed by atoms with Gasteiger partial charge in [-0.15, -0.1) is 0 Å². The number of nitrogen functional groups attached to an aromatic ring is 1. The molecule has 0 heterocycles. The molecule has 0 aromatic heterocycles. The van der Waals surface area contributed by atoms with Crippen LogP contribution in [-0.2, 0) is 4.79 Å². The smallest absolute Gasteiger partial charge is 0.141 e. The Labute approximate surface area is 101 Å². The van der Waals surface area contributed by atoms with Crippen LogP contribution in [-0.4, -0.2) is 5.78 Å². The number of rotatable bonds is 3. The molecule has 2 heteroatoms. The van der Waals surface area contributed by atoms with Gasteiger partial charge in [-0.1, -0.05) is 42.5 Å². The van der Waals surface area contributed by atoms with Crippen molar-refractivity contribution in [3.8, 4) is 0 Å². The van der Waals surface area contributed by atoms with Gasteiger partial charge in [0, 0.05) is 5.69 Å². The maximum Gasteiger partial charge on any atom is 0.141 e. The van der Waals surface area contributed by atoms with Crippen LogP contribution in [0.4, 0.5) is 5.69 Å². The summed E-state index contributed by atoms with van der Waals surface area (Å²) < 4.78 is 0. The number of benzene rings is 2. The molecule has 0 radical (unpaired) electrons. The first-order valence-electron chi connectivity index (χ1n) is 5.59. The van der Waals surface area contributed by atoms with Crippen LogP contribution in [0.3, 0.4) is 0 Å². The lowest BCUT2D eigenvalue weighted by atomic mass is 9.88. The number of hydrogen-bond donors (Lipinski definition) is 1. The van der Waals surface area contributed by atoms with E-state index in [9.17, 15) is 4.79 Å². The standard InChI is InChI=1S/C15H15NO/c1-11(17)15(12-5-3-2-4-6-12)13-7-9-14(16)10-8-13/h2-10,15H,16H2,1H3/t15-/m0/s1. The third-order valence-electron chi connectivity index (χ3n) is 2.81. The fraction of sp³-hybridized carbons (Fsp3) is 0.133. The molecule has 0 saturated heterocycles. The van der Waals surface area contributed by atoms with Crippen LogP contribution in [0.1, 0.15) is 24.0 Å². The topological polar surface area (TPSA) is 43.1 Å². The zero-order valence-corrected chi connectivity index (χ0v) is 9.76. The summed E-state index contributed by atoms with van der Waals surface area (Å²) >= 11 is 0. The molecule has 2 N–H and O–H groups in total. The Hall–Kier alpha value is -2.09. The number of carbonyl (C=O) groups is 1. The fourth-order valence-electron chi connectivity index (χ4n) is 2.00. The maximum absolute atomic E-state index is 11.8. The summed E-state index contributed by atoms with van der Waals surface area (Å²) in [6, 6.07) is 17.3. The molecule has 2 aromatic rings. The molecule has 0 amide bonds. The summed E-state index contributed by atoms with van der Waals surface area (Å²) in [6.07, 6.45) is 0. The van der Waals surface area contributed by atoms with E-state index >= 15 is 0 Å². The minimum absolute atomic E-state index is 0.140. The summed E-state index contributed by atoms with van der Waals surface area (Å²) in [5.74, 6) is -0.0576. The van der Waals surface area contributed by atoms with Crippen LogP contribution >= 0.6 is 0 Å². The number of anilines is 1. The van der Waals surface area contributed by atoms with Crippen LogP contribution in [0.5, 0.6) is 0 Å². The van der Waals surface area contributed by atoms with Gasteiger partial charge in [0.1, 0.15) is 5.78 Å². The van der Waals surface area contributed by atoms with E-state index < -0.39 is 0 Å². The molecule has 2 aromatic carbocycles. The molecule has 0 aliphatic heterocycles. The first-order chi connectivity index (χ1) is 8.18. The highest BCUT2D eigenvalue weighted by molar-refractivity contribution is 5.87. The average Bonchev–Trinajstić information content (AvgIpc) is 2.33. The monoisotopic (exact) mass is 225 g/mol. The van der Waals surface area contributed by atoms with Gasteiger partial charge in [-0.05, 0) is 30.2 Å². The van der Waals surface area contributed by atoms with Gasteiger partial charge in [0.25, 0.3) is 0 Å². The molecule has 86 valence electrons. The normalized spacial score (nSPS) is 12.1. The third-order valence-corrected chi connectivity index (χ3v) is 2.81. The zero-order chi connectivity index (χ0) is 12.3. The second-order valence-electron chi connectivity index (χ2n) is 4.12. The molecule has 0 fully saturated rings. The van der Waals surface area contributed by atoms with Crippen molar-refractivity contribution in [2.24, 2.45) is 0 Å². The van der Waals surface area contributed by atoms with E-state index in [0.29, 0.717) is 5.69 Å². The quantitative estimate of drug-likeness (QED) is 0.816. The molecule has 0 spiro atoms. The predicted molar refractivity (Wildman–Crippen MR) is 69.8 cm³/mol. The minimum atomic E-state index is -0.197. The lowest BCUT2D eigenvalue weighted by Gasteiger charge is -2.14. The van der Waals surface area contributed by atoms with Crippen molar-refractivity contribution in [1.82, 2.24) is 0 Å². The zero-order valence-electron chi connectivity index (χ0n) is 9.76. The first-order valence-corrected chi connectivity index (χ1v) is 5.59. The highest BCUT2D eigenvalue weighted by Crippen LogP contribution is 2.26. The van der Waals surface area contributed by atoms with Crippen LogP contribution in [0.2, 0.25) is 0 Å². The number of Topliss-reactive ketones (excluding diaryl/α,β-unsaturated/α-hetero) is 1. The van der Waals surface area contributed by atoms with Gasteiger partial charge in [0.15, 0.2) is 0 Å². The average molecular weight is 225 g/mol. The molecule has 1 atom stereocenters. The first kappa shape index (κ1) is 11.4. The number of ketones is 1. The van der Waals surface area contributed by atoms with Crippen molar-refractivity contribution in [3.05, 3.63) is 65.7 Å². The summed E-state index contributed by atoms with van der Waals surface area (Å²) in [7, 11) is 0. The lowest BCUT2D eigenvalue weighted by molar-refractivity contribution is -0.117. The number of carbonyl (C=O) groups excluding carboxylic acids is 1. The Balaban J connectivity index is 2.43. The van der Waals surface area contributed by atoms with Crippen molar-refractivity contribution in [2.45, 2.75) is 12.8 Å². The van der Waals surface area contributed by atoms with Crippen molar-refractivity contribution >= 4 is 11.5 Å². The lowest BCUT2D eigenvalue weighted by Crippen LogP contribution is -2.10. The van der Waals surface area contributed by atoms with Gasteiger partial charge < -0.3 is 5.73 Å². The van der Waals surface area contributed by atoms with Gasteiger partial charge in [-0.2, -0.15) is 0 Å². The molecule has 0 unspecified atom stereocenters. The summed E-state index contributed by atoms with van der Waals surface area (Å²) in [5.41, 5.74) is 8.37. The van der Waals surface area contributed by atoms with E-state index in [1.807, 2.05) is 54.6 Å². The van der Waals surface area contributed by atoms with Crippen LogP contribution in [0, 0.1) is 0 Å². The molecule has 2 nitrogen and oxygen atoms in total.